The first-order chi connectivity index (χ1) is 12.1. The minimum Gasteiger partial charge on any atom is -0.493 e. The smallest absolute Gasteiger partial charge is 0.325 e. The standard InChI is InChI=1S/C18H27N3O4/c1-4-5-6-9-19-17(22)13-20-10-11-21(18(20)23)14-7-8-15(24-2)16(12-14)25-3/h7-8,12H,4-6,9-11,13H2,1-3H3,(H,19,22). The molecule has 0 aromatic heterocycles. The topological polar surface area (TPSA) is 71.1 Å². The van der Waals surface area contributed by atoms with Gasteiger partial charge in [-0.2, -0.15) is 0 Å². The molecule has 0 unspecified atom stereocenters. The van der Waals surface area contributed by atoms with Crippen molar-refractivity contribution >= 4 is 17.6 Å². The maximum absolute atomic E-state index is 12.6. The summed E-state index contributed by atoms with van der Waals surface area (Å²) in [7, 11) is 3.13. The Labute approximate surface area is 148 Å². The zero-order valence-corrected chi connectivity index (χ0v) is 15.2. The van der Waals surface area contributed by atoms with Crippen molar-refractivity contribution in [3.05, 3.63) is 18.2 Å². The molecule has 0 spiro atoms. The second-order valence-electron chi connectivity index (χ2n) is 5.95. The Morgan fingerprint density at radius 1 is 1.16 bits per heavy atom. The second-order valence-corrected chi connectivity index (χ2v) is 5.95. The number of hydrogen-bond donors (Lipinski definition) is 1. The van der Waals surface area contributed by atoms with Crippen molar-refractivity contribution in [3.63, 3.8) is 0 Å². The van der Waals surface area contributed by atoms with Crippen LogP contribution >= 0.6 is 0 Å². The van der Waals surface area contributed by atoms with Crippen molar-refractivity contribution in [2.75, 3.05) is 45.3 Å². The first-order valence-corrected chi connectivity index (χ1v) is 8.65. The van der Waals surface area contributed by atoms with E-state index in [1.165, 1.54) is 0 Å². The normalized spacial score (nSPS) is 14.0. The summed E-state index contributed by atoms with van der Waals surface area (Å²) in [5, 5.41) is 2.86. The predicted molar refractivity (Wildman–Crippen MR) is 96.4 cm³/mol. The molecular formula is C18H27N3O4. The van der Waals surface area contributed by atoms with Crippen LogP contribution in [0.5, 0.6) is 11.5 Å². The zero-order valence-electron chi connectivity index (χ0n) is 15.2. The van der Waals surface area contributed by atoms with Gasteiger partial charge < -0.3 is 19.7 Å². The molecule has 0 bridgehead atoms. The first-order valence-electron chi connectivity index (χ1n) is 8.65. The van der Waals surface area contributed by atoms with Gasteiger partial charge in [0, 0.05) is 31.4 Å². The number of methoxy groups -OCH3 is 2. The van der Waals surface area contributed by atoms with Gasteiger partial charge in [-0.3, -0.25) is 9.69 Å². The van der Waals surface area contributed by atoms with Gasteiger partial charge in [0.25, 0.3) is 0 Å². The van der Waals surface area contributed by atoms with Gasteiger partial charge in [0.15, 0.2) is 11.5 Å². The van der Waals surface area contributed by atoms with Crippen molar-refractivity contribution in [3.8, 4) is 11.5 Å². The Balaban J connectivity index is 1.94. The van der Waals surface area contributed by atoms with Gasteiger partial charge in [-0.05, 0) is 18.6 Å². The Morgan fingerprint density at radius 3 is 2.60 bits per heavy atom. The number of ether oxygens (including phenoxy) is 2. The number of nitrogens with zero attached hydrogens (tertiary/aromatic N) is 2. The summed E-state index contributed by atoms with van der Waals surface area (Å²) in [6.45, 7) is 3.93. The molecule has 2 rings (SSSR count). The van der Waals surface area contributed by atoms with E-state index in [0.717, 1.165) is 24.9 Å². The van der Waals surface area contributed by atoms with Crippen LogP contribution in [0.1, 0.15) is 26.2 Å². The first kappa shape index (κ1) is 18.9. The van der Waals surface area contributed by atoms with E-state index in [1.807, 2.05) is 6.07 Å². The SMILES string of the molecule is CCCCCNC(=O)CN1CCN(c2ccc(OC)c(OC)c2)C1=O. The largest absolute Gasteiger partial charge is 0.493 e. The van der Waals surface area contributed by atoms with Crippen LogP contribution < -0.4 is 19.7 Å². The van der Waals surface area contributed by atoms with E-state index >= 15 is 0 Å². The molecule has 1 N–H and O–H groups in total. The van der Waals surface area contributed by atoms with Gasteiger partial charge in [0.1, 0.15) is 6.54 Å². The zero-order chi connectivity index (χ0) is 18.2. The minimum absolute atomic E-state index is 0.0920. The molecule has 0 atom stereocenters. The highest BCUT2D eigenvalue weighted by atomic mass is 16.5. The number of rotatable bonds is 9. The molecule has 1 aromatic rings. The van der Waals surface area contributed by atoms with Crippen molar-refractivity contribution in [1.82, 2.24) is 10.2 Å². The maximum Gasteiger partial charge on any atom is 0.325 e. The summed E-state index contributed by atoms with van der Waals surface area (Å²) >= 11 is 0. The Morgan fingerprint density at radius 2 is 1.92 bits per heavy atom. The molecule has 0 aliphatic carbocycles. The van der Waals surface area contributed by atoms with E-state index in [9.17, 15) is 9.59 Å². The van der Waals surface area contributed by atoms with Gasteiger partial charge in [-0.15, -0.1) is 0 Å². The minimum atomic E-state index is -0.170. The maximum atomic E-state index is 12.6. The third-order valence-electron chi connectivity index (χ3n) is 4.21. The Kier molecular flexibility index (Phi) is 6.91. The summed E-state index contributed by atoms with van der Waals surface area (Å²) in [5.41, 5.74) is 0.730. The lowest BCUT2D eigenvalue weighted by Crippen LogP contribution is -2.40. The van der Waals surface area contributed by atoms with E-state index in [1.54, 1.807) is 36.2 Å². The molecule has 1 heterocycles. The molecule has 138 valence electrons. The monoisotopic (exact) mass is 349 g/mol. The molecule has 0 saturated carbocycles. The molecule has 1 aliphatic rings. The highest BCUT2D eigenvalue weighted by molar-refractivity contribution is 5.96. The van der Waals surface area contributed by atoms with Gasteiger partial charge in [-0.1, -0.05) is 19.8 Å². The molecule has 25 heavy (non-hydrogen) atoms. The molecule has 0 radical (unpaired) electrons. The molecule has 1 saturated heterocycles. The van der Waals surface area contributed by atoms with E-state index in [-0.39, 0.29) is 18.5 Å². The number of nitrogens with one attached hydrogen (secondary N) is 1. The van der Waals surface area contributed by atoms with E-state index in [0.29, 0.717) is 31.1 Å². The van der Waals surface area contributed by atoms with Gasteiger partial charge in [0.2, 0.25) is 5.91 Å². The number of hydrogen-bond acceptors (Lipinski definition) is 4. The summed E-state index contributed by atoms with van der Waals surface area (Å²) in [5.74, 6) is 1.07. The van der Waals surface area contributed by atoms with Crippen LogP contribution in [0.15, 0.2) is 18.2 Å². The van der Waals surface area contributed by atoms with Crippen LogP contribution in [0.2, 0.25) is 0 Å². The Bertz CT molecular complexity index is 606. The number of carbonyl (C=O) groups excluding carboxylic acids is 2. The molecule has 1 fully saturated rings. The summed E-state index contributed by atoms with van der Waals surface area (Å²) in [6.07, 6.45) is 3.17. The van der Waals surface area contributed by atoms with Gasteiger partial charge >= 0.3 is 6.03 Å². The summed E-state index contributed by atoms with van der Waals surface area (Å²) < 4.78 is 10.5. The van der Waals surface area contributed by atoms with E-state index in [2.05, 4.69) is 12.2 Å². The van der Waals surface area contributed by atoms with Crippen LogP contribution in [-0.4, -0.2) is 57.2 Å². The number of benzene rings is 1. The number of carbonyl (C=O) groups is 2. The van der Waals surface area contributed by atoms with Gasteiger partial charge in [0.05, 0.1) is 14.2 Å². The third-order valence-corrected chi connectivity index (χ3v) is 4.21. The highest BCUT2D eigenvalue weighted by Gasteiger charge is 2.31. The molecule has 7 heteroatoms. The second kappa shape index (κ2) is 9.15. The van der Waals surface area contributed by atoms with Crippen LogP contribution in [0.4, 0.5) is 10.5 Å². The molecule has 1 aliphatic heterocycles. The van der Waals surface area contributed by atoms with E-state index < -0.39 is 0 Å². The average Bonchev–Trinajstić information content (AvgIpc) is 2.98. The van der Waals surface area contributed by atoms with Crippen molar-refractivity contribution in [1.29, 1.82) is 0 Å². The molecular weight excluding hydrogens is 322 g/mol. The fourth-order valence-electron chi connectivity index (χ4n) is 2.79. The number of anilines is 1. The van der Waals surface area contributed by atoms with Crippen LogP contribution in [0.3, 0.4) is 0 Å². The lowest BCUT2D eigenvalue weighted by molar-refractivity contribution is -0.121. The van der Waals surface area contributed by atoms with Crippen LogP contribution in [0, 0.1) is 0 Å². The predicted octanol–water partition coefficient (Wildman–Crippen LogP) is 2.25. The highest BCUT2D eigenvalue weighted by Crippen LogP contribution is 2.32. The van der Waals surface area contributed by atoms with Crippen molar-refractivity contribution in [2.24, 2.45) is 0 Å². The average molecular weight is 349 g/mol. The van der Waals surface area contributed by atoms with E-state index in [4.69, 9.17) is 9.47 Å². The van der Waals surface area contributed by atoms with Crippen LogP contribution in [-0.2, 0) is 4.79 Å². The number of unbranched alkanes of at least 4 members (excludes halogenated alkanes) is 2. The summed E-state index contributed by atoms with van der Waals surface area (Å²) in [6, 6.07) is 5.18. The molecule has 3 amide bonds. The number of amides is 3. The fourth-order valence-corrected chi connectivity index (χ4v) is 2.79. The lowest BCUT2D eigenvalue weighted by Gasteiger charge is -2.19. The number of urea groups is 1. The third kappa shape index (κ3) is 4.78. The lowest BCUT2D eigenvalue weighted by atomic mass is 10.2. The summed E-state index contributed by atoms with van der Waals surface area (Å²) in [4.78, 5) is 27.8. The molecule has 7 nitrogen and oxygen atoms in total. The van der Waals surface area contributed by atoms with Crippen LogP contribution in [0.25, 0.3) is 0 Å². The molecule has 1 aromatic carbocycles. The van der Waals surface area contributed by atoms with Crippen molar-refractivity contribution in [2.45, 2.75) is 26.2 Å². The fraction of sp³-hybridized carbons (Fsp3) is 0.556. The Hall–Kier alpha value is -2.44. The van der Waals surface area contributed by atoms with Gasteiger partial charge in [-0.25, -0.2) is 4.79 Å². The quantitative estimate of drug-likeness (QED) is 0.694. The van der Waals surface area contributed by atoms with Crippen molar-refractivity contribution < 1.29 is 19.1 Å².